The van der Waals surface area contributed by atoms with Crippen molar-refractivity contribution in [2.75, 3.05) is 0 Å². The van der Waals surface area contributed by atoms with Crippen molar-refractivity contribution in [1.82, 2.24) is 0 Å². The summed E-state index contributed by atoms with van der Waals surface area (Å²) in [6.07, 6.45) is 9.94. The molecule has 104 valence electrons. The predicted molar refractivity (Wildman–Crippen MR) is 70.7 cm³/mol. The normalized spacial score (nSPS) is 13.2. The van der Waals surface area contributed by atoms with Crippen LogP contribution < -0.4 is 0 Å². The van der Waals surface area contributed by atoms with Gasteiger partial charge in [0, 0.05) is 0 Å². The van der Waals surface area contributed by atoms with Gasteiger partial charge in [-0.15, -0.1) is 0 Å². The first-order valence-corrected chi connectivity index (χ1v) is 7.21. The van der Waals surface area contributed by atoms with Gasteiger partial charge in [0.2, 0.25) is 0 Å². The van der Waals surface area contributed by atoms with Gasteiger partial charge >= 0.3 is 0 Å². The molecule has 0 aromatic heterocycles. The van der Waals surface area contributed by atoms with E-state index in [2.05, 4.69) is 6.92 Å². The van der Waals surface area contributed by atoms with Gasteiger partial charge in [-0.25, -0.2) is 0 Å². The minimum atomic E-state index is -1.17. The fourth-order valence-electron chi connectivity index (χ4n) is 2.01. The number of hydrogen-bond donors (Lipinski definition) is 3. The summed E-state index contributed by atoms with van der Waals surface area (Å²) in [5.74, 6) is 0. The zero-order valence-corrected chi connectivity index (χ0v) is 11.3. The second kappa shape index (κ2) is 12.3. The lowest BCUT2D eigenvalue weighted by Crippen LogP contribution is -2.07. The van der Waals surface area contributed by atoms with E-state index in [4.69, 9.17) is 10.2 Å². The molecule has 0 radical (unpaired) electrons. The molecule has 0 aromatic rings. The van der Waals surface area contributed by atoms with Crippen LogP contribution in [0.4, 0.5) is 0 Å². The zero-order chi connectivity index (χ0) is 12.9. The molecule has 0 aromatic carbocycles. The number of aliphatic hydroxyl groups is 3. The third-order valence-electron chi connectivity index (χ3n) is 3.14. The molecule has 1 atom stereocenters. The first-order valence-electron chi connectivity index (χ1n) is 7.21. The highest BCUT2D eigenvalue weighted by atomic mass is 16.5. The van der Waals surface area contributed by atoms with Crippen LogP contribution in [0.1, 0.15) is 77.6 Å². The van der Waals surface area contributed by atoms with Crippen molar-refractivity contribution < 1.29 is 15.3 Å². The molecule has 0 saturated carbocycles. The summed E-state index contributed by atoms with van der Waals surface area (Å²) in [7, 11) is 0. The fraction of sp³-hybridized carbons (Fsp3) is 1.00. The van der Waals surface area contributed by atoms with Crippen molar-refractivity contribution in [2.45, 2.75) is 89.9 Å². The van der Waals surface area contributed by atoms with E-state index in [1.54, 1.807) is 0 Å². The molecule has 0 amide bonds. The molecule has 0 bridgehead atoms. The van der Waals surface area contributed by atoms with E-state index >= 15 is 0 Å². The lowest BCUT2D eigenvalue weighted by atomic mass is 10.0. The van der Waals surface area contributed by atoms with Crippen LogP contribution >= 0.6 is 0 Å². The molecule has 0 fully saturated rings. The maximum absolute atomic E-state index is 9.72. The summed E-state index contributed by atoms with van der Waals surface area (Å²) in [6.45, 7) is 2.21. The molecule has 3 nitrogen and oxygen atoms in total. The molecule has 3 heteroatoms. The van der Waals surface area contributed by atoms with Crippen LogP contribution in [0.5, 0.6) is 0 Å². The number of hydrogen-bond acceptors (Lipinski definition) is 3. The standard InChI is InChI=1S/C14H30O3/c1-2-3-4-5-7-10-13(15)11-8-6-9-12-14(16)17/h13-17H,2-12H2,1H3. The molecule has 0 aliphatic heterocycles. The molecule has 3 N–H and O–H groups in total. The van der Waals surface area contributed by atoms with E-state index in [9.17, 15) is 5.11 Å². The van der Waals surface area contributed by atoms with Gasteiger partial charge in [0.15, 0.2) is 6.29 Å². The van der Waals surface area contributed by atoms with Crippen molar-refractivity contribution in [2.24, 2.45) is 0 Å². The SMILES string of the molecule is CCCCCCCC(O)CCCCCC(O)O. The predicted octanol–water partition coefficient (Wildman–Crippen LogP) is 2.97. The summed E-state index contributed by atoms with van der Waals surface area (Å²) < 4.78 is 0. The van der Waals surface area contributed by atoms with Gasteiger partial charge in [0.1, 0.15) is 0 Å². The van der Waals surface area contributed by atoms with Crippen molar-refractivity contribution in [3.05, 3.63) is 0 Å². The van der Waals surface area contributed by atoms with Crippen LogP contribution in [0.25, 0.3) is 0 Å². The Bertz CT molecular complexity index is 148. The Morgan fingerprint density at radius 1 is 0.647 bits per heavy atom. The molecule has 17 heavy (non-hydrogen) atoms. The Morgan fingerprint density at radius 3 is 1.65 bits per heavy atom. The molecular weight excluding hydrogens is 216 g/mol. The van der Waals surface area contributed by atoms with Crippen molar-refractivity contribution in [3.8, 4) is 0 Å². The highest BCUT2D eigenvalue weighted by Gasteiger charge is 2.04. The highest BCUT2D eigenvalue weighted by Crippen LogP contribution is 2.12. The molecule has 0 aliphatic carbocycles. The molecule has 0 rings (SSSR count). The van der Waals surface area contributed by atoms with E-state index in [1.807, 2.05) is 0 Å². The van der Waals surface area contributed by atoms with Gasteiger partial charge in [-0.1, -0.05) is 51.9 Å². The monoisotopic (exact) mass is 246 g/mol. The maximum Gasteiger partial charge on any atom is 0.151 e. The third kappa shape index (κ3) is 13.8. The van der Waals surface area contributed by atoms with Crippen LogP contribution in [0.3, 0.4) is 0 Å². The molecule has 1 unspecified atom stereocenters. The van der Waals surface area contributed by atoms with Gasteiger partial charge in [0.05, 0.1) is 6.10 Å². The molecule has 0 aliphatic rings. The van der Waals surface area contributed by atoms with E-state index in [-0.39, 0.29) is 6.10 Å². The molecular formula is C14H30O3. The van der Waals surface area contributed by atoms with Gasteiger partial charge in [0.25, 0.3) is 0 Å². The van der Waals surface area contributed by atoms with Gasteiger partial charge in [-0.05, 0) is 25.7 Å². The third-order valence-corrected chi connectivity index (χ3v) is 3.14. The second-order valence-corrected chi connectivity index (χ2v) is 4.98. The first-order chi connectivity index (χ1) is 8.16. The van der Waals surface area contributed by atoms with E-state index in [0.29, 0.717) is 6.42 Å². The molecule has 0 heterocycles. The van der Waals surface area contributed by atoms with Gasteiger partial charge in [-0.3, -0.25) is 0 Å². The number of unbranched alkanes of at least 4 members (excludes halogenated alkanes) is 6. The summed E-state index contributed by atoms with van der Waals surface area (Å²) in [5, 5.41) is 27.0. The van der Waals surface area contributed by atoms with Crippen LogP contribution in [0.2, 0.25) is 0 Å². The van der Waals surface area contributed by atoms with Crippen LogP contribution in [-0.4, -0.2) is 27.7 Å². The molecule has 0 spiro atoms. The lowest BCUT2D eigenvalue weighted by molar-refractivity contribution is -0.0466. The summed E-state index contributed by atoms with van der Waals surface area (Å²) >= 11 is 0. The first kappa shape index (κ1) is 16.9. The van der Waals surface area contributed by atoms with Crippen molar-refractivity contribution >= 4 is 0 Å². The second-order valence-electron chi connectivity index (χ2n) is 4.98. The summed E-state index contributed by atoms with van der Waals surface area (Å²) in [5.41, 5.74) is 0. The Kier molecular flexibility index (Phi) is 12.3. The van der Waals surface area contributed by atoms with E-state index in [1.165, 1.54) is 25.7 Å². The van der Waals surface area contributed by atoms with E-state index in [0.717, 1.165) is 38.5 Å². The average Bonchev–Trinajstić information content (AvgIpc) is 2.28. The Morgan fingerprint density at radius 2 is 1.12 bits per heavy atom. The van der Waals surface area contributed by atoms with E-state index < -0.39 is 6.29 Å². The summed E-state index contributed by atoms with van der Waals surface area (Å²) in [6, 6.07) is 0. The van der Waals surface area contributed by atoms with Crippen LogP contribution in [0.15, 0.2) is 0 Å². The fourth-order valence-corrected chi connectivity index (χ4v) is 2.01. The largest absolute Gasteiger partial charge is 0.393 e. The van der Waals surface area contributed by atoms with Gasteiger partial charge in [-0.2, -0.15) is 0 Å². The number of rotatable bonds is 12. The van der Waals surface area contributed by atoms with Crippen molar-refractivity contribution in [1.29, 1.82) is 0 Å². The Balaban J connectivity index is 3.14. The highest BCUT2D eigenvalue weighted by molar-refractivity contribution is 4.57. The topological polar surface area (TPSA) is 60.7 Å². The zero-order valence-electron chi connectivity index (χ0n) is 11.3. The Labute approximate surface area is 106 Å². The van der Waals surface area contributed by atoms with Crippen molar-refractivity contribution in [3.63, 3.8) is 0 Å². The Hall–Kier alpha value is -0.120. The minimum absolute atomic E-state index is 0.157. The maximum atomic E-state index is 9.72. The number of aliphatic hydroxyl groups excluding tert-OH is 2. The van der Waals surface area contributed by atoms with Gasteiger partial charge < -0.3 is 15.3 Å². The molecule has 0 saturated heterocycles. The van der Waals surface area contributed by atoms with Crippen LogP contribution in [-0.2, 0) is 0 Å². The average molecular weight is 246 g/mol. The lowest BCUT2D eigenvalue weighted by Gasteiger charge is -2.10. The smallest absolute Gasteiger partial charge is 0.151 e. The summed E-state index contributed by atoms with van der Waals surface area (Å²) in [4.78, 5) is 0. The minimum Gasteiger partial charge on any atom is -0.393 e. The van der Waals surface area contributed by atoms with Crippen LogP contribution in [0, 0.1) is 0 Å². The quantitative estimate of drug-likeness (QED) is 0.366.